The predicted molar refractivity (Wildman–Crippen MR) is 92.8 cm³/mol. The molecule has 0 saturated heterocycles. The summed E-state index contributed by atoms with van der Waals surface area (Å²) in [5.41, 5.74) is 2.16. The van der Waals surface area contributed by atoms with Crippen LogP contribution in [0.4, 0.5) is 0 Å². The maximum Gasteiger partial charge on any atom is 0.269 e. The van der Waals surface area contributed by atoms with E-state index in [2.05, 4.69) is 30.3 Å². The van der Waals surface area contributed by atoms with Crippen molar-refractivity contribution in [3.05, 3.63) is 53.7 Å². The van der Waals surface area contributed by atoms with E-state index in [9.17, 15) is 4.79 Å². The Kier molecular flexibility index (Phi) is 4.28. The van der Waals surface area contributed by atoms with Gasteiger partial charge in [-0.25, -0.2) is 0 Å². The lowest BCUT2D eigenvalue weighted by molar-refractivity contribution is 0.0944. The zero-order valence-electron chi connectivity index (χ0n) is 13.9. The Bertz CT molecular complexity index is 867. The van der Waals surface area contributed by atoms with E-state index in [1.165, 1.54) is 6.42 Å². The molecule has 7 nitrogen and oxygen atoms in total. The summed E-state index contributed by atoms with van der Waals surface area (Å²) < 4.78 is 2.13. The molecule has 3 heterocycles. The van der Waals surface area contributed by atoms with Gasteiger partial charge < -0.3 is 9.88 Å². The number of aromatic nitrogens is 5. The van der Waals surface area contributed by atoms with E-state index >= 15 is 0 Å². The number of hydrogen-bond acceptors (Lipinski definition) is 4. The molecule has 0 aliphatic carbocycles. The van der Waals surface area contributed by atoms with Crippen LogP contribution < -0.4 is 5.32 Å². The van der Waals surface area contributed by atoms with Crippen LogP contribution in [0.25, 0.3) is 11.3 Å². The van der Waals surface area contributed by atoms with Crippen LogP contribution in [-0.4, -0.2) is 30.9 Å². The van der Waals surface area contributed by atoms with Crippen molar-refractivity contribution >= 4 is 5.91 Å². The highest BCUT2D eigenvalue weighted by molar-refractivity contribution is 5.93. The van der Waals surface area contributed by atoms with Crippen LogP contribution in [0.2, 0.25) is 0 Å². The van der Waals surface area contributed by atoms with Gasteiger partial charge in [0, 0.05) is 18.5 Å². The number of amides is 1. The first-order chi connectivity index (χ1) is 12.3. The highest BCUT2D eigenvalue weighted by atomic mass is 16.1. The van der Waals surface area contributed by atoms with Gasteiger partial charge in [0.2, 0.25) is 0 Å². The summed E-state index contributed by atoms with van der Waals surface area (Å²) >= 11 is 0. The van der Waals surface area contributed by atoms with E-state index in [0.717, 1.165) is 48.7 Å². The predicted octanol–water partition coefficient (Wildman–Crippen LogP) is 2.32. The number of nitrogens with zero attached hydrogens (tertiary/aromatic N) is 4. The Labute approximate surface area is 145 Å². The van der Waals surface area contributed by atoms with E-state index in [0.29, 0.717) is 12.2 Å². The van der Waals surface area contributed by atoms with E-state index in [1.54, 1.807) is 6.07 Å². The molecule has 128 valence electrons. The Hall–Kier alpha value is -2.96. The fourth-order valence-electron chi connectivity index (χ4n) is 3.13. The van der Waals surface area contributed by atoms with Crippen LogP contribution in [0.1, 0.15) is 41.4 Å². The van der Waals surface area contributed by atoms with E-state index in [1.807, 2.05) is 30.3 Å². The van der Waals surface area contributed by atoms with Crippen LogP contribution in [0.5, 0.6) is 0 Å². The second-order valence-corrected chi connectivity index (χ2v) is 6.21. The van der Waals surface area contributed by atoms with Gasteiger partial charge in [0.05, 0.1) is 12.2 Å². The van der Waals surface area contributed by atoms with Crippen LogP contribution >= 0.6 is 0 Å². The minimum Gasteiger partial charge on any atom is -0.343 e. The lowest BCUT2D eigenvalue weighted by atomic mass is 10.1. The first-order valence-corrected chi connectivity index (χ1v) is 8.61. The molecule has 1 amide bonds. The maximum atomic E-state index is 12.4. The monoisotopic (exact) mass is 336 g/mol. The molecule has 2 aromatic heterocycles. The van der Waals surface area contributed by atoms with Crippen molar-refractivity contribution < 1.29 is 4.79 Å². The van der Waals surface area contributed by atoms with Gasteiger partial charge in [-0.2, -0.15) is 5.10 Å². The molecule has 0 saturated carbocycles. The standard InChI is InChI=1S/C18H20N6O/c25-18(15-11-14(20-21-15)13-7-3-1-4-8-13)19-12-17-23-22-16-9-5-2-6-10-24(16)17/h1,3-4,7-8,11H,2,5-6,9-10,12H2,(H,19,25)(H,20,21). The molecular weight excluding hydrogens is 316 g/mol. The van der Waals surface area contributed by atoms with E-state index in [-0.39, 0.29) is 5.91 Å². The van der Waals surface area contributed by atoms with Gasteiger partial charge in [0.1, 0.15) is 11.5 Å². The summed E-state index contributed by atoms with van der Waals surface area (Å²) in [5, 5.41) is 18.4. The van der Waals surface area contributed by atoms with Gasteiger partial charge in [0.25, 0.3) is 5.91 Å². The van der Waals surface area contributed by atoms with Crippen molar-refractivity contribution in [2.75, 3.05) is 0 Å². The molecule has 7 heteroatoms. The lowest BCUT2D eigenvalue weighted by Crippen LogP contribution is -2.25. The third kappa shape index (κ3) is 3.31. The van der Waals surface area contributed by atoms with Crippen molar-refractivity contribution in [3.63, 3.8) is 0 Å². The van der Waals surface area contributed by atoms with E-state index < -0.39 is 0 Å². The van der Waals surface area contributed by atoms with Crippen LogP contribution in [0, 0.1) is 0 Å². The van der Waals surface area contributed by atoms with Crippen molar-refractivity contribution in [1.29, 1.82) is 0 Å². The Morgan fingerprint density at radius 2 is 2.04 bits per heavy atom. The summed E-state index contributed by atoms with van der Waals surface area (Å²) in [5.74, 6) is 1.64. The van der Waals surface area contributed by atoms with Gasteiger partial charge in [-0.05, 0) is 18.9 Å². The van der Waals surface area contributed by atoms with Crippen molar-refractivity contribution in [2.24, 2.45) is 0 Å². The van der Waals surface area contributed by atoms with Gasteiger partial charge in [-0.3, -0.25) is 9.89 Å². The molecule has 0 unspecified atom stereocenters. The number of fused-ring (bicyclic) bond motifs is 1. The lowest BCUT2D eigenvalue weighted by Gasteiger charge is -2.07. The highest BCUT2D eigenvalue weighted by Gasteiger charge is 2.16. The Morgan fingerprint density at radius 3 is 2.92 bits per heavy atom. The molecule has 4 rings (SSSR count). The molecule has 0 spiro atoms. The number of carbonyl (C=O) groups excluding carboxylic acids is 1. The van der Waals surface area contributed by atoms with Crippen molar-refractivity contribution in [3.8, 4) is 11.3 Å². The molecule has 0 bridgehead atoms. The Morgan fingerprint density at radius 1 is 1.16 bits per heavy atom. The molecule has 0 radical (unpaired) electrons. The summed E-state index contributed by atoms with van der Waals surface area (Å²) in [4.78, 5) is 12.4. The number of nitrogens with one attached hydrogen (secondary N) is 2. The fourth-order valence-corrected chi connectivity index (χ4v) is 3.13. The fraction of sp³-hybridized carbons (Fsp3) is 0.333. The van der Waals surface area contributed by atoms with Crippen LogP contribution in [-0.2, 0) is 19.5 Å². The zero-order chi connectivity index (χ0) is 17.1. The van der Waals surface area contributed by atoms with Crippen LogP contribution in [0.15, 0.2) is 36.4 Å². The summed E-state index contributed by atoms with van der Waals surface area (Å²) in [6.07, 6.45) is 4.46. The van der Waals surface area contributed by atoms with Crippen molar-refractivity contribution in [1.82, 2.24) is 30.3 Å². The summed E-state index contributed by atoms with van der Waals surface area (Å²) in [6.45, 7) is 1.29. The van der Waals surface area contributed by atoms with Gasteiger partial charge in [0.15, 0.2) is 5.82 Å². The maximum absolute atomic E-state index is 12.4. The molecule has 3 aromatic rings. The van der Waals surface area contributed by atoms with Crippen molar-refractivity contribution in [2.45, 2.75) is 38.8 Å². The molecule has 1 aliphatic heterocycles. The quantitative estimate of drug-likeness (QED) is 0.765. The molecule has 2 N–H and O–H groups in total. The largest absolute Gasteiger partial charge is 0.343 e. The number of carbonyl (C=O) groups is 1. The smallest absolute Gasteiger partial charge is 0.269 e. The number of benzene rings is 1. The molecule has 1 aliphatic rings. The number of aryl methyl sites for hydroxylation is 1. The minimum absolute atomic E-state index is 0.194. The number of H-pyrrole nitrogens is 1. The first-order valence-electron chi connectivity index (χ1n) is 8.61. The highest BCUT2D eigenvalue weighted by Crippen LogP contribution is 2.17. The second kappa shape index (κ2) is 6.88. The third-order valence-corrected chi connectivity index (χ3v) is 4.49. The molecule has 0 atom stereocenters. The average molecular weight is 336 g/mol. The zero-order valence-corrected chi connectivity index (χ0v) is 13.9. The molecular formula is C18H20N6O. The molecule has 25 heavy (non-hydrogen) atoms. The minimum atomic E-state index is -0.194. The van der Waals surface area contributed by atoms with Gasteiger partial charge >= 0.3 is 0 Å². The topological polar surface area (TPSA) is 88.5 Å². The normalized spacial score (nSPS) is 13.9. The molecule has 1 aromatic carbocycles. The average Bonchev–Trinajstić information content (AvgIpc) is 3.22. The SMILES string of the molecule is O=C(NCc1nnc2n1CCCCC2)c1cc(-c2ccccc2)n[nH]1. The first kappa shape index (κ1) is 15.6. The van der Waals surface area contributed by atoms with E-state index in [4.69, 9.17) is 0 Å². The number of aromatic amines is 1. The third-order valence-electron chi connectivity index (χ3n) is 4.49. The number of hydrogen-bond donors (Lipinski definition) is 2. The summed E-state index contributed by atoms with van der Waals surface area (Å²) in [7, 11) is 0. The second-order valence-electron chi connectivity index (χ2n) is 6.21. The van der Waals surface area contributed by atoms with Gasteiger partial charge in [-0.15, -0.1) is 10.2 Å². The van der Waals surface area contributed by atoms with Crippen LogP contribution in [0.3, 0.4) is 0 Å². The number of rotatable bonds is 4. The summed E-state index contributed by atoms with van der Waals surface area (Å²) in [6, 6.07) is 11.5. The molecule has 0 fully saturated rings. The van der Waals surface area contributed by atoms with Gasteiger partial charge in [-0.1, -0.05) is 36.8 Å². The Balaban J connectivity index is 1.43.